The van der Waals surface area contributed by atoms with Crippen LogP contribution in [-0.4, -0.2) is 35.2 Å². The summed E-state index contributed by atoms with van der Waals surface area (Å²) in [4.78, 5) is 14.1. The minimum absolute atomic E-state index is 0.103. The molecule has 4 nitrogen and oxygen atoms in total. The van der Waals surface area contributed by atoms with Gasteiger partial charge in [0, 0.05) is 19.2 Å². The molecule has 104 valence electrons. The second-order valence-electron chi connectivity index (χ2n) is 4.77. The van der Waals surface area contributed by atoms with Crippen LogP contribution in [0.3, 0.4) is 0 Å². The SMILES string of the molecule is O=C(Nc1ccccc1Cl)N1CCCC1CCCO. The van der Waals surface area contributed by atoms with Crippen molar-refractivity contribution in [1.82, 2.24) is 4.90 Å². The Morgan fingerprint density at radius 2 is 2.26 bits per heavy atom. The third-order valence-electron chi connectivity index (χ3n) is 3.45. The number of hydrogen-bond acceptors (Lipinski definition) is 2. The second-order valence-corrected chi connectivity index (χ2v) is 5.17. The Bertz CT molecular complexity index is 439. The molecule has 0 spiro atoms. The van der Waals surface area contributed by atoms with Crippen molar-refractivity contribution < 1.29 is 9.90 Å². The Morgan fingerprint density at radius 1 is 1.47 bits per heavy atom. The molecule has 0 radical (unpaired) electrons. The Balaban J connectivity index is 1.97. The summed E-state index contributed by atoms with van der Waals surface area (Å²) >= 11 is 6.03. The molecule has 1 heterocycles. The van der Waals surface area contributed by atoms with Gasteiger partial charge in [-0.2, -0.15) is 0 Å². The molecular weight excluding hydrogens is 264 g/mol. The van der Waals surface area contributed by atoms with Crippen LogP contribution in [0, 0.1) is 0 Å². The largest absolute Gasteiger partial charge is 0.396 e. The average molecular weight is 283 g/mol. The lowest BCUT2D eigenvalue weighted by molar-refractivity contribution is 0.197. The number of benzene rings is 1. The lowest BCUT2D eigenvalue weighted by Gasteiger charge is -2.25. The molecule has 1 fully saturated rings. The van der Waals surface area contributed by atoms with Crippen LogP contribution in [0.5, 0.6) is 0 Å². The molecule has 0 aromatic heterocycles. The van der Waals surface area contributed by atoms with Gasteiger partial charge in [0.2, 0.25) is 0 Å². The van der Waals surface area contributed by atoms with Crippen molar-refractivity contribution in [3.05, 3.63) is 29.3 Å². The first-order chi connectivity index (χ1) is 9.22. The molecular formula is C14H19ClN2O2. The number of rotatable bonds is 4. The van der Waals surface area contributed by atoms with Gasteiger partial charge in [0.05, 0.1) is 10.7 Å². The number of urea groups is 1. The van der Waals surface area contributed by atoms with Crippen molar-refractivity contribution in [2.24, 2.45) is 0 Å². The molecule has 2 N–H and O–H groups in total. The number of halogens is 1. The normalized spacial score (nSPS) is 18.6. The lowest BCUT2D eigenvalue weighted by atomic mass is 10.1. The quantitative estimate of drug-likeness (QED) is 0.891. The number of nitrogens with one attached hydrogen (secondary N) is 1. The molecule has 1 saturated heterocycles. The maximum absolute atomic E-state index is 12.2. The van der Waals surface area contributed by atoms with E-state index >= 15 is 0 Å². The maximum Gasteiger partial charge on any atom is 0.322 e. The van der Waals surface area contributed by atoms with E-state index in [1.54, 1.807) is 12.1 Å². The summed E-state index contributed by atoms with van der Waals surface area (Å²) in [5.41, 5.74) is 0.641. The summed E-state index contributed by atoms with van der Waals surface area (Å²) in [6, 6.07) is 7.35. The first-order valence-electron chi connectivity index (χ1n) is 6.65. The zero-order valence-electron chi connectivity index (χ0n) is 10.8. The molecule has 0 saturated carbocycles. The van der Waals surface area contributed by atoms with E-state index in [-0.39, 0.29) is 18.7 Å². The molecule has 1 aliphatic rings. The average Bonchev–Trinajstić information content (AvgIpc) is 2.87. The van der Waals surface area contributed by atoms with E-state index in [4.69, 9.17) is 16.7 Å². The van der Waals surface area contributed by atoms with Gasteiger partial charge in [0.15, 0.2) is 0 Å². The molecule has 1 unspecified atom stereocenters. The van der Waals surface area contributed by atoms with Crippen LogP contribution in [-0.2, 0) is 0 Å². The van der Waals surface area contributed by atoms with Crippen molar-refractivity contribution in [2.75, 3.05) is 18.5 Å². The van der Waals surface area contributed by atoms with Gasteiger partial charge < -0.3 is 15.3 Å². The van der Waals surface area contributed by atoms with Crippen molar-refractivity contribution >= 4 is 23.3 Å². The number of anilines is 1. The van der Waals surface area contributed by atoms with E-state index in [0.29, 0.717) is 10.7 Å². The highest BCUT2D eigenvalue weighted by molar-refractivity contribution is 6.33. The fraction of sp³-hybridized carbons (Fsp3) is 0.500. The first kappa shape index (κ1) is 14.2. The van der Waals surface area contributed by atoms with Crippen molar-refractivity contribution in [2.45, 2.75) is 31.7 Å². The van der Waals surface area contributed by atoms with Crippen molar-refractivity contribution in [3.8, 4) is 0 Å². The Morgan fingerprint density at radius 3 is 3.00 bits per heavy atom. The minimum Gasteiger partial charge on any atom is -0.396 e. The van der Waals surface area contributed by atoms with Crippen LogP contribution < -0.4 is 5.32 Å². The third kappa shape index (κ3) is 3.61. The highest BCUT2D eigenvalue weighted by Gasteiger charge is 2.28. The Kier molecular flexibility index (Phi) is 5.05. The van der Waals surface area contributed by atoms with Gasteiger partial charge in [0.25, 0.3) is 0 Å². The number of amides is 2. The number of aliphatic hydroxyl groups excluding tert-OH is 1. The van der Waals surface area contributed by atoms with E-state index in [2.05, 4.69) is 5.32 Å². The summed E-state index contributed by atoms with van der Waals surface area (Å²) in [6.07, 6.45) is 3.62. The maximum atomic E-state index is 12.2. The number of nitrogens with zero attached hydrogens (tertiary/aromatic N) is 1. The van der Waals surface area contributed by atoms with Crippen molar-refractivity contribution in [1.29, 1.82) is 0 Å². The summed E-state index contributed by atoms with van der Waals surface area (Å²) in [7, 11) is 0. The van der Waals surface area contributed by atoms with Crippen LogP contribution in [0.25, 0.3) is 0 Å². The number of aliphatic hydroxyl groups is 1. The zero-order chi connectivity index (χ0) is 13.7. The van der Waals surface area contributed by atoms with Gasteiger partial charge in [-0.05, 0) is 37.8 Å². The fourth-order valence-corrected chi connectivity index (χ4v) is 2.66. The zero-order valence-corrected chi connectivity index (χ0v) is 11.6. The monoisotopic (exact) mass is 282 g/mol. The van der Waals surface area contributed by atoms with Crippen LogP contribution in [0.1, 0.15) is 25.7 Å². The van der Waals surface area contributed by atoms with Gasteiger partial charge in [0.1, 0.15) is 0 Å². The van der Waals surface area contributed by atoms with E-state index in [9.17, 15) is 4.79 Å². The molecule has 0 aliphatic carbocycles. The highest BCUT2D eigenvalue weighted by Crippen LogP contribution is 2.25. The summed E-state index contributed by atoms with van der Waals surface area (Å²) < 4.78 is 0. The molecule has 1 aromatic carbocycles. The molecule has 2 rings (SSSR count). The van der Waals surface area contributed by atoms with Crippen LogP contribution >= 0.6 is 11.6 Å². The van der Waals surface area contributed by atoms with Gasteiger partial charge in [-0.15, -0.1) is 0 Å². The molecule has 0 bridgehead atoms. The Labute approximate surface area is 118 Å². The smallest absolute Gasteiger partial charge is 0.322 e. The van der Waals surface area contributed by atoms with E-state index < -0.39 is 0 Å². The van der Waals surface area contributed by atoms with E-state index in [1.807, 2.05) is 17.0 Å². The van der Waals surface area contributed by atoms with Crippen LogP contribution in [0.2, 0.25) is 5.02 Å². The van der Waals surface area contributed by atoms with E-state index in [1.165, 1.54) is 0 Å². The van der Waals surface area contributed by atoms with Crippen molar-refractivity contribution in [3.63, 3.8) is 0 Å². The van der Waals surface area contributed by atoms with Gasteiger partial charge >= 0.3 is 6.03 Å². The summed E-state index contributed by atoms with van der Waals surface area (Å²) in [6.45, 7) is 0.947. The second kappa shape index (κ2) is 6.78. The lowest BCUT2D eigenvalue weighted by Crippen LogP contribution is -2.38. The molecule has 19 heavy (non-hydrogen) atoms. The minimum atomic E-state index is -0.103. The predicted molar refractivity (Wildman–Crippen MR) is 76.5 cm³/mol. The number of carbonyl (C=O) groups excluding carboxylic acids is 1. The van der Waals surface area contributed by atoms with Crippen LogP contribution in [0.15, 0.2) is 24.3 Å². The topological polar surface area (TPSA) is 52.6 Å². The standard InChI is InChI=1S/C14H19ClN2O2/c15-12-7-1-2-8-13(12)16-14(19)17-9-3-5-11(17)6-4-10-18/h1-2,7-8,11,18H,3-6,9-10H2,(H,16,19). The van der Waals surface area contributed by atoms with Gasteiger partial charge in [-0.3, -0.25) is 0 Å². The van der Waals surface area contributed by atoms with E-state index in [0.717, 1.165) is 32.2 Å². The van der Waals surface area contributed by atoms with Crippen LogP contribution in [0.4, 0.5) is 10.5 Å². The number of carbonyl (C=O) groups is 1. The molecule has 1 aliphatic heterocycles. The third-order valence-corrected chi connectivity index (χ3v) is 3.78. The number of hydrogen-bond donors (Lipinski definition) is 2. The molecule has 1 aromatic rings. The Hall–Kier alpha value is -1.26. The summed E-state index contributed by atoms with van der Waals surface area (Å²) in [5, 5.41) is 12.3. The molecule has 1 atom stereocenters. The number of para-hydroxylation sites is 1. The predicted octanol–water partition coefficient (Wildman–Crippen LogP) is 3.11. The van der Waals surface area contributed by atoms with Gasteiger partial charge in [-0.25, -0.2) is 4.79 Å². The number of likely N-dealkylation sites (tertiary alicyclic amines) is 1. The highest BCUT2D eigenvalue weighted by atomic mass is 35.5. The van der Waals surface area contributed by atoms with Gasteiger partial charge in [-0.1, -0.05) is 23.7 Å². The molecule has 2 amide bonds. The first-order valence-corrected chi connectivity index (χ1v) is 7.03. The summed E-state index contributed by atoms with van der Waals surface area (Å²) in [5.74, 6) is 0. The fourth-order valence-electron chi connectivity index (χ4n) is 2.48. The molecule has 5 heteroatoms.